The minimum absolute atomic E-state index is 0.167. The van der Waals surface area contributed by atoms with E-state index in [0.717, 1.165) is 35.6 Å². The van der Waals surface area contributed by atoms with Crippen LogP contribution in [0.25, 0.3) is 22.3 Å². The van der Waals surface area contributed by atoms with Crippen LogP contribution < -0.4 is 16.2 Å². The van der Waals surface area contributed by atoms with Gasteiger partial charge in [0.05, 0.1) is 34.5 Å². The van der Waals surface area contributed by atoms with E-state index in [-0.39, 0.29) is 12.1 Å². The van der Waals surface area contributed by atoms with Crippen molar-refractivity contribution in [2.75, 3.05) is 18.4 Å². The van der Waals surface area contributed by atoms with Crippen molar-refractivity contribution in [2.24, 2.45) is 0 Å². The minimum atomic E-state index is -1.48. The Balaban J connectivity index is 1.30. The number of benzene rings is 2. The molecule has 0 amide bonds. The first-order chi connectivity index (χ1) is 21.0. The molecule has 0 bridgehead atoms. The molecular weight excluding hydrogens is 599 g/mol. The van der Waals surface area contributed by atoms with Gasteiger partial charge in [0.15, 0.2) is 4.90 Å². The molecule has 9 nitrogen and oxygen atoms in total. The Morgan fingerprint density at radius 3 is 2.72 bits per heavy atom. The lowest BCUT2D eigenvalue weighted by atomic mass is 9.98. The number of aromatic nitrogens is 5. The second-order valence-electron chi connectivity index (χ2n) is 10.3. The maximum Gasteiger partial charge on any atom is 0.307 e. The molecule has 0 aliphatic carbocycles. The Morgan fingerprint density at radius 1 is 1.12 bits per heavy atom. The molecule has 4 aromatic heterocycles. The van der Waals surface area contributed by atoms with Gasteiger partial charge in [0.2, 0.25) is 5.95 Å². The monoisotopic (exact) mass is 625 g/mol. The molecule has 2 aromatic carbocycles. The van der Waals surface area contributed by atoms with Crippen molar-refractivity contribution in [1.29, 1.82) is 0 Å². The van der Waals surface area contributed by atoms with Crippen LogP contribution >= 0.6 is 22.7 Å². The van der Waals surface area contributed by atoms with Gasteiger partial charge in [-0.2, -0.15) is 9.97 Å². The summed E-state index contributed by atoms with van der Waals surface area (Å²) < 4.78 is 15.6. The molecule has 1 aliphatic rings. The number of nitrogens with zero attached hydrogens (tertiary/aromatic N) is 5. The average molecular weight is 626 g/mol. The summed E-state index contributed by atoms with van der Waals surface area (Å²) in [5.74, 6) is 0.914. The molecule has 0 saturated carbocycles. The highest BCUT2D eigenvalue weighted by molar-refractivity contribution is 7.93. The van der Waals surface area contributed by atoms with Crippen LogP contribution in [0.1, 0.15) is 28.3 Å². The van der Waals surface area contributed by atoms with Crippen molar-refractivity contribution in [3.05, 3.63) is 104 Å². The molecule has 0 spiro atoms. The van der Waals surface area contributed by atoms with E-state index in [9.17, 15) is 9.35 Å². The van der Waals surface area contributed by atoms with Crippen molar-refractivity contribution < 1.29 is 4.55 Å². The summed E-state index contributed by atoms with van der Waals surface area (Å²) in [6, 6.07) is 17.6. The van der Waals surface area contributed by atoms with Gasteiger partial charge in [-0.05, 0) is 55.6 Å². The van der Waals surface area contributed by atoms with Gasteiger partial charge in [-0.25, -0.2) is 9.97 Å². The predicted molar refractivity (Wildman–Crippen MR) is 172 cm³/mol. The third kappa shape index (κ3) is 5.59. The van der Waals surface area contributed by atoms with E-state index >= 15 is 0 Å². The first-order valence-corrected chi connectivity index (χ1v) is 16.7. The fourth-order valence-electron chi connectivity index (χ4n) is 5.39. The van der Waals surface area contributed by atoms with Gasteiger partial charge < -0.3 is 15.2 Å². The first kappa shape index (κ1) is 27.9. The van der Waals surface area contributed by atoms with Crippen molar-refractivity contribution >= 4 is 56.5 Å². The van der Waals surface area contributed by atoms with E-state index in [4.69, 9.17) is 4.98 Å². The number of rotatable bonds is 8. The summed E-state index contributed by atoms with van der Waals surface area (Å²) in [5.41, 5.74) is 6.03. The molecule has 7 rings (SSSR count). The fourth-order valence-corrected chi connectivity index (χ4v) is 8.04. The van der Waals surface area contributed by atoms with E-state index in [1.165, 1.54) is 28.2 Å². The summed E-state index contributed by atoms with van der Waals surface area (Å²) in [6.45, 7) is 4.17. The van der Waals surface area contributed by atoms with Gasteiger partial charge in [-0.3, -0.25) is 9.36 Å². The summed E-state index contributed by atoms with van der Waals surface area (Å²) in [5, 5.41) is 9.23. The zero-order valence-corrected chi connectivity index (χ0v) is 25.6. The molecule has 5 heterocycles. The largest absolute Gasteiger partial charge is 0.605 e. The van der Waals surface area contributed by atoms with Crippen LogP contribution in [-0.4, -0.2) is 42.1 Å². The lowest BCUT2D eigenvalue weighted by Crippen LogP contribution is -2.25. The Morgan fingerprint density at radius 2 is 1.98 bits per heavy atom. The highest BCUT2D eigenvalue weighted by atomic mass is 32.2. The number of nitrogens with one attached hydrogen (secondary N) is 2. The van der Waals surface area contributed by atoms with Crippen LogP contribution in [0.5, 0.6) is 0 Å². The predicted octanol–water partition coefficient (Wildman–Crippen LogP) is 5.72. The van der Waals surface area contributed by atoms with Crippen molar-refractivity contribution in [3.63, 3.8) is 0 Å². The number of anilines is 2. The molecule has 2 atom stereocenters. The summed E-state index contributed by atoms with van der Waals surface area (Å²) >= 11 is 1.35. The molecule has 1 aliphatic heterocycles. The van der Waals surface area contributed by atoms with Crippen molar-refractivity contribution in [3.8, 4) is 11.3 Å². The molecule has 1 fully saturated rings. The normalized spacial score (nSPS) is 15.6. The van der Waals surface area contributed by atoms with Crippen molar-refractivity contribution in [2.45, 2.75) is 35.0 Å². The lowest BCUT2D eigenvalue weighted by molar-refractivity contribution is 0.592. The van der Waals surface area contributed by atoms with E-state index in [2.05, 4.69) is 37.7 Å². The average Bonchev–Trinajstić information content (AvgIpc) is 3.83. The second-order valence-corrected chi connectivity index (χ2v) is 13.9. The van der Waals surface area contributed by atoms with Gasteiger partial charge in [0, 0.05) is 45.8 Å². The van der Waals surface area contributed by atoms with Crippen LogP contribution in [0.4, 0.5) is 11.6 Å². The lowest BCUT2D eigenvalue weighted by Gasteiger charge is -2.16. The van der Waals surface area contributed by atoms with E-state index in [1.807, 2.05) is 49.4 Å². The van der Waals surface area contributed by atoms with Gasteiger partial charge in [0.1, 0.15) is 5.65 Å². The Labute approximate surface area is 258 Å². The van der Waals surface area contributed by atoms with Crippen LogP contribution in [0, 0.1) is 6.92 Å². The van der Waals surface area contributed by atoms with E-state index in [1.54, 1.807) is 27.9 Å². The maximum atomic E-state index is 14.1. The number of pyridine rings is 1. The molecule has 216 valence electrons. The van der Waals surface area contributed by atoms with E-state index < -0.39 is 11.2 Å². The number of aryl methyl sites for hydroxylation is 1. The Kier molecular flexibility index (Phi) is 7.76. The number of fused-ring (bicyclic) bond motifs is 1. The van der Waals surface area contributed by atoms with E-state index in [0.29, 0.717) is 43.4 Å². The molecule has 12 heteroatoms. The highest BCUT2D eigenvalue weighted by Crippen LogP contribution is 2.29. The fraction of sp³-hybridized carbons (Fsp3) is 0.194. The van der Waals surface area contributed by atoms with Crippen LogP contribution in [0.2, 0.25) is 0 Å². The standard InChI is InChI=1S/C31H27N7O2S3/c1-19-27(35-18-42-19)25-14-23-16-34-30(36-24-8-6-20(7-9-24)21-10-11-32-15-21)37-28(23)38(29(25)39)17-22-4-2-3-5-26(22)43(40)31-33-12-13-41-31/h2-9,12-14,16,18,21,32H,10-11,15,17H2,1H3,(H,34,36,37). The highest BCUT2D eigenvalue weighted by Gasteiger charge is 2.24. The van der Waals surface area contributed by atoms with Gasteiger partial charge in [-0.15, -0.1) is 11.3 Å². The third-order valence-electron chi connectivity index (χ3n) is 7.59. The number of hydrogen-bond donors (Lipinski definition) is 2. The molecular formula is C31H27N7O2S3. The Bertz CT molecular complexity index is 1950. The third-order valence-corrected chi connectivity index (χ3v) is 10.9. The molecule has 2 unspecified atom stereocenters. The number of hydrogen-bond acceptors (Lipinski definition) is 10. The Hall–Kier alpha value is -3.94. The van der Waals surface area contributed by atoms with Crippen LogP contribution in [-0.2, 0) is 17.7 Å². The number of thiazole rings is 2. The smallest absolute Gasteiger partial charge is 0.307 e. The molecule has 43 heavy (non-hydrogen) atoms. The zero-order valence-electron chi connectivity index (χ0n) is 23.2. The summed E-state index contributed by atoms with van der Waals surface area (Å²) in [4.78, 5) is 33.8. The second kappa shape index (κ2) is 12.0. The van der Waals surface area contributed by atoms with Crippen molar-refractivity contribution in [1.82, 2.24) is 29.8 Å². The van der Waals surface area contributed by atoms with Gasteiger partial charge >= 0.3 is 4.34 Å². The molecule has 1 saturated heterocycles. The maximum absolute atomic E-state index is 14.1. The molecule has 6 aromatic rings. The van der Waals surface area contributed by atoms with Gasteiger partial charge in [-0.1, -0.05) is 41.7 Å². The summed E-state index contributed by atoms with van der Waals surface area (Å²) in [6.07, 6.45) is 4.51. The van der Waals surface area contributed by atoms with Gasteiger partial charge in [0.25, 0.3) is 5.56 Å². The quantitative estimate of drug-likeness (QED) is 0.206. The van der Waals surface area contributed by atoms with Crippen LogP contribution in [0.3, 0.4) is 0 Å². The zero-order chi connectivity index (χ0) is 29.3. The minimum Gasteiger partial charge on any atom is -0.605 e. The first-order valence-electron chi connectivity index (χ1n) is 13.8. The topological polar surface area (TPSA) is 121 Å². The molecule has 2 N–H and O–H groups in total. The van der Waals surface area contributed by atoms with Crippen LogP contribution in [0.15, 0.2) is 91.9 Å². The molecule has 0 radical (unpaired) electrons. The SMILES string of the molecule is Cc1scnc1-c1cc2cnc(Nc3ccc(C4CCNC4)cc3)nc2n(Cc2ccccc2[S+]([O-])c2nccs2)c1=O. The summed E-state index contributed by atoms with van der Waals surface area (Å²) in [7, 11) is 0.